The summed E-state index contributed by atoms with van der Waals surface area (Å²) in [6, 6.07) is 6.94. The van der Waals surface area contributed by atoms with Crippen molar-refractivity contribution in [3.63, 3.8) is 0 Å². The summed E-state index contributed by atoms with van der Waals surface area (Å²) >= 11 is 6.92. The fraction of sp³-hybridized carbons (Fsp3) is 0.577. The van der Waals surface area contributed by atoms with Crippen molar-refractivity contribution >= 4 is 17.4 Å². The van der Waals surface area contributed by atoms with Gasteiger partial charge in [-0.25, -0.2) is 9.37 Å². The van der Waals surface area contributed by atoms with E-state index in [1.807, 2.05) is 6.07 Å². The molecule has 1 unspecified atom stereocenters. The number of nitrogens with zero attached hydrogens (tertiary/aromatic N) is 4. The Bertz CT molecular complexity index is 1070. The molecular weight excluding hydrogens is 469 g/mol. The zero-order valence-corrected chi connectivity index (χ0v) is 21.6. The molecule has 1 atom stereocenters. The highest BCUT2D eigenvalue weighted by Gasteiger charge is 2.38. The van der Waals surface area contributed by atoms with Crippen LogP contribution in [0.4, 0.5) is 10.2 Å². The second kappa shape index (κ2) is 10.2. The van der Waals surface area contributed by atoms with Crippen molar-refractivity contribution in [2.75, 3.05) is 71.0 Å². The lowest BCUT2D eigenvalue weighted by molar-refractivity contribution is 0.0670. The van der Waals surface area contributed by atoms with Crippen molar-refractivity contribution in [1.82, 2.24) is 20.1 Å². The highest BCUT2D eigenvalue weighted by Crippen LogP contribution is 2.44. The molecule has 0 saturated carbocycles. The van der Waals surface area contributed by atoms with Crippen LogP contribution in [0.25, 0.3) is 11.3 Å². The van der Waals surface area contributed by atoms with Crippen molar-refractivity contribution in [2.45, 2.75) is 32.0 Å². The van der Waals surface area contributed by atoms with Crippen LogP contribution in [0.3, 0.4) is 0 Å². The van der Waals surface area contributed by atoms with Crippen LogP contribution < -0.4 is 15.0 Å². The molecule has 2 aromatic rings. The molecule has 190 valence electrons. The largest absolute Gasteiger partial charge is 0.490 e. The van der Waals surface area contributed by atoms with E-state index in [1.165, 1.54) is 6.07 Å². The Labute approximate surface area is 212 Å². The van der Waals surface area contributed by atoms with Gasteiger partial charge in [0.1, 0.15) is 29.0 Å². The molecule has 3 aliphatic heterocycles. The number of ether oxygens (including phenoxy) is 2. The maximum Gasteiger partial charge on any atom is 0.148 e. The van der Waals surface area contributed by atoms with Crippen LogP contribution in [-0.4, -0.2) is 92.5 Å². The zero-order valence-electron chi connectivity index (χ0n) is 20.8. The molecule has 35 heavy (non-hydrogen) atoms. The van der Waals surface area contributed by atoms with Gasteiger partial charge < -0.3 is 19.7 Å². The monoisotopic (exact) mass is 503 g/mol. The van der Waals surface area contributed by atoms with Crippen molar-refractivity contribution in [2.24, 2.45) is 0 Å². The molecule has 4 heterocycles. The molecule has 1 N–H and O–H groups in total. The SMILES string of the molecule is COCCN1CCN(c2nc(-c3ccccc3F)c(Cl)c3c2CN2CCNCC2CO3)CC1(C)C. The summed E-state index contributed by atoms with van der Waals surface area (Å²) in [4.78, 5) is 12.3. The van der Waals surface area contributed by atoms with Gasteiger partial charge in [0.25, 0.3) is 0 Å². The molecule has 2 saturated heterocycles. The average molecular weight is 504 g/mol. The summed E-state index contributed by atoms with van der Waals surface area (Å²) in [5.41, 5.74) is 1.76. The van der Waals surface area contributed by atoms with Crippen LogP contribution in [0, 0.1) is 5.82 Å². The minimum atomic E-state index is -0.340. The fourth-order valence-corrected chi connectivity index (χ4v) is 5.81. The standard InChI is InChI=1S/C26H35ClFN5O2/c1-26(2)17-32(10-11-33(26)12-13-34-3)25-20-15-31-9-8-29-14-18(31)16-35-24(20)22(27)23(30-25)19-6-4-5-7-21(19)28/h4-7,18,29H,8-17H2,1-3H3. The van der Waals surface area contributed by atoms with Crippen LogP contribution in [0.15, 0.2) is 24.3 Å². The molecule has 0 spiro atoms. The van der Waals surface area contributed by atoms with Crippen molar-refractivity contribution < 1.29 is 13.9 Å². The number of halogens is 2. The normalized spacial score (nSPS) is 22.8. The maximum absolute atomic E-state index is 14.9. The first-order chi connectivity index (χ1) is 16.9. The summed E-state index contributed by atoms with van der Waals surface area (Å²) in [7, 11) is 1.74. The second-order valence-electron chi connectivity index (χ2n) is 10.2. The highest BCUT2D eigenvalue weighted by atomic mass is 35.5. The molecule has 7 nitrogen and oxygen atoms in total. The van der Waals surface area contributed by atoms with Crippen LogP contribution >= 0.6 is 11.6 Å². The molecular formula is C26H35ClFN5O2. The van der Waals surface area contributed by atoms with Crippen LogP contribution in [0.5, 0.6) is 5.75 Å². The lowest BCUT2D eigenvalue weighted by atomic mass is 9.98. The molecule has 0 aliphatic carbocycles. The van der Waals surface area contributed by atoms with Gasteiger partial charge in [0.2, 0.25) is 0 Å². The van der Waals surface area contributed by atoms with Crippen molar-refractivity contribution in [3.05, 3.63) is 40.7 Å². The average Bonchev–Trinajstić information content (AvgIpc) is 3.04. The van der Waals surface area contributed by atoms with Gasteiger partial charge in [0, 0.05) is 70.6 Å². The molecule has 0 bridgehead atoms. The summed E-state index contributed by atoms with van der Waals surface area (Å²) in [5.74, 6) is 1.15. The van der Waals surface area contributed by atoms with Crippen molar-refractivity contribution in [1.29, 1.82) is 0 Å². The van der Waals surface area contributed by atoms with Gasteiger partial charge in [-0.15, -0.1) is 0 Å². The summed E-state index contributed by atoms with van der Waals surface area (Å²) in [6.45, 7) is 12.6. The number of benzene rings is 1. The molecule has 2 fully saturated rings. The van der Waals surface area contributed by atoms with E-state index in [1.54, 1.807) is 19.2 Å². The third-order valence-corrected chi connectivity index (χ3v) is 7.84. The minimum Gasteiger partial charge on any atom is -0.490 e. The first kappa shape index (κ1) is 24.7. The Balaban J connectivity index is 1.58. The highest BCUT2D eigenvalue weighted by molar-refractivity contribution is 6.34. The first-order valence-electron chi connectivity index (χ1n) is 12.4. The number of hydrogen-bond acceptors (Lipinski definition) is 7. The van der Waals surface area contributed by atoms with Gasteiger partial charge >= 0.3 is 0 Å². The van der Waals surface area contributed by atoms with Crippen LogP contribution in [0.2, 0.25) is 5.02 Å². The summed E-state index contributed by atoms with van der Waals surface area (Å²) in [5, 5.41) is 3.85. The van der Waals surface area contributed by atoms with E-state index >= 15 is 0 Å². The number of piperazine rings is 2. The lowest BCUT2D eigenvalue weighted by Gasteiger charge is -2.48. The van der Waals surface area contributed by atoms with Gasteiger partial charge in [0.05, 0.1) is 23.9 Å². The predicted octanol–water partition coefficient (Wildman–Crippen LogP) is 3.25. The Morgan fingerprint density at radius 1 is 1.26 bits per heavy atom. The van der Waals surface area contributed by atoms with E-state index in [-0.39, 0.29) is 17.4 Å². The molecule has 0 radical (unpaired) electrons. The van der Waals surface area contributed by atoms with E-state index in [2.05, 4.69) is 33.9 Å². The van der Waals surface area contributed by atoms with Gasteiger partial charge in [-0.05, 0) is 26.0 Å². The Hall–Kier alpha value is -1.97. The van der Waals surface area contributed by atoms with Gasteiger partial charge in [-0.3, -0.25) is 9.80 Å². The summed E-state index contributed by atoms with van der Waals surface area (Å²) in [6.07, 6.45) is 0. The quantitative estimate of drug-likeness (QED) is 0.672. The van der Waals surface area contributed by atoms with E-state index in [9.17, 15) is 4.39 Å². The number of fused-ring (bicyclic) bond motifs is 2. The molecule has 1 aromatic carbocycles. The maximum atomic E-state index is 14.9. The molecule has 0 amide bonds. The molecule has 1 aromatic heterocycles. The van der Waals surface area contributed by atoms with Gasteiger partial charge in [-0.2, -0.15) is 0 Å². The third kappa shape index (κ3) is 4.87. The lowest BCUT2D eigenvalue weighted by Crippen LogP contribution is -2.60. The zero-order chi connectivity index (χ0) is 24.6. The van der Waals surface area contributed by atoms with E-state index < -0.39 is 0 Å². The number of methoxy groups -OCH3 is 1. The fourth-order valence-electron chi connectivity index (χ4n) is 5.50. The number of hydrogen-bond donors (Lipinski definition) is 1. The second-order valence-corrected chi connectivity index (χ2v) is 10.6. The molecule has 5 rings (SSSR count). The number of nitrogens with one attached hydrogen (secondary N) is 1. The Morgan fingerprint density at radius 2 is 2.09 bits per heavy atom. The van der Waals surface area contributed by atoms with E-state index in [4.69, 9.17) is 26.1 Å². The third-order valence-electron chi connectivity index (χ3n) is 7.49. The number of pyridine rings is 1. The topological polar surface area (TPSA) is 53.1 Å². The number of anilines is 1. The first-order valence-corrected chi connectivity index (χ1v) is 12.8. The van der Waals surface area contributed by atoms with Gasteiger partial charge in [-0.1, -0.05) is 23.7 Å². The minimum absolute atomic E-state index is 0.0771. The Kier molecular flexibility index (Phi) is 7.19. The summed E-state index contributed by atoms with van der Waals surface area (Å²) < 4.78 is 26.6. The van der Waals surface area contributed by atoms with Crippen molar-refractivity contribution in [3.8, 4) is 17.0 Å². The predicted molar refractivity (Wildman–Crippen MR) is 137 cm³/mol. The smallest absolute Gasteiger partial charge is 0.148 e. The number of rotatable bonds is 5. The van der Waals surface area contributed by atoms with Gasteiger partial charge in [0.15, 0.2) is 0 Å². The Morgan fingerprint density at radius 3 is 2.86 bits per heavy atom. The van der Waals surface area contributed by atoms with E-state index in [0.717, 1.165) is 57.2 Å². The molecule has 3 aliphatic rings. The van der Waals surface area contributed by atoms with E-state index in [0.29, 0.717) is 41.8 Å². The number of aromatic nitrogens is 1. The van der Waals surface area contributed by atoms with Crippen LogP contribution in [-0.2, 0) is 11.3 Å². The molecule has 9 heteroatoms. The van der Waals surface area contributed by atoms with Crippen LogP contribution in [0.1, 0.15) is 19.4 Å².